The number of hydroxylamine groups is 1. The number of carbonyl (C=O) groups is 2. The SMILES string of the molecule is COc1ccc2c3c(oc2c1)CN([C@@H](Cc1ccc(O)cc1)C(=O)Nc1ccc(C(=O)NO)cc1)CC3. The van der Waals surface area contributed by atoms with Crippen LogP contribution in [0.3, 0.4) is 0 Å². The summed E-state index contributed by atoms with van der Waals surface area (Å²) >= 11 is 0. The largest absolute Gasteiger partial charge is 0.508 e. The van der Waals surface area contributed by atoms with Gasteiger partial charge in [-0.05, 0) is 66.9 Å². The fourth-order valence-corrected chi connectivity index (χ4v) is 4.73. The standard InChI is InChI=1S/C28H27N3O6/c1-36-21-10-11-22-23-12-13-31(16-26(23)37-25(22)15-21)24(14-17-2-8-20(32)9-3-17)28(34)29-19-6-4-18(5-7-19)27(33)30-35/h2-11,15,24,32,35H,12-14,16H2,1H3,(H,29,34)(H,30,33)/t24-/m0/s1. The maximum Gasteiger partial charge on any atom is 0.274 e. The van der Waals surface area contributed by atoms with Crippen molar-refractivity contribution in [2.75, 3.05) is 19.0 Å². The molecule has 1 atom stereocenters. The second-order valence-electron chi connectivity index (χ2n) is 8.98. The zero-order valence-corrected chi connectivity index (χ0v) is 20.2. The number of carbonyl (C=O) groups excluding carboxylic acids is 2. The van der Waals surface area contributed by atoms with E-state index in [0.29, 0.717) is 25.2 Å². The molecule has 0 unspecified atom stereocenters. The molecule has 1 aliphatic heterocycles. The smallest absolute Gasteiger partial charge is 0.274 e. The molecule has 3 aromatic carbocycles. The minimum Gasteiger partial charge on any atom is -0.508 e. The Balaban J connectivity index is 1.40. The van der Waals surface area contributed by atoms with Crippen LogP contribution in [-0.2, 0) is 24.2 Å². The van der Waals surface area contributed by atoms with Gasteiger partial charge in [-0.3, -0.25) is 19.7 Å². The summed E-state index contributed by atoms with van der Waals surface area (Å²) in [6.07, 6.45) is 1.17. The minimum absolute atomic E-state index is 0.164. The summed E-state index contributed by atoms with van der Waals surface area (Å²) in [5, 5.41) is 22.5. The van der Waals surface area contributed by atoms with Crippen molar-refractivity contribution in [1.82, 2.24) is 10.4 Å². The van der Waals surface area contributed by atoms with Crippen LogP contribution in [0.1, 0.15) is 27.2 Å². The Morgan fingerprint density at radius 2 is 1.84 bits per heavy atom. The second kappa shape index (κ2) is 10.3. The molecule has 9 heteroatoms. The van der Waals surface area contributed by atoms with Crippen LogP contribution >= 0.6 is 0 Å². The number of phenolic OH excluding ortho intramolecular Hbond substituents is 1. The van der Waals surface area contributed by atoms with E-state index in [1.807, 2.05) is 18.2 Å². The molecule has 0 saturated carbocycles. The number of anilines is 1. The van der Waals surface area contributed by atoms with Crippen molar-refractivity contribution in [2.45, 2.75) is 25.4 Å². The molecule has 37 heavy (non-hydrogen) atoms. The van der Waals surface area contributed by atoms with Gasteiger partial charge in [0.05, 0.1) is 19.7 Å². The molecule has 1 aromatic heterocycles. The Morgan fingerprint density at radius 1 is 1.08 bits per heavy atom. The van der Waals surface area contributed by atoms with Crippen molar-refractivity contribution in [3.63, 3.8) is 0 Å². The number of furan rings is 1. The summed E-state index contributed by atoms with van der Waals surface area (Å²) in [4.78, 5) is 27.3. The lowest BCUT2D eigenvalue weighted by Crippen LogP contribution is -2.47. The third-order valence-electron chi connectivity index (χ3n) is 6.70. The van der Waals surface area contributed by atoms with Gasteiger partial charge in [-0.1, -0.05) is 12.1 Å². The van der Waals surface area contributed by atoms with Crippen molar-refractivity contribution in [2.24, 2.45) is 0 Å². The van der Waals surface area contributed by atoms with Gasteiger partial charge in [0, 0.05) is 34.8 Å². The van der Waals surface area contributed by atoms with Crippen LogP contribution in [0.15, 0.2) is 71.1 Å². The van der Waals surface area contributed by atoms with Crippen LogP contribution < -0.4 is 15.5 Å². The van der Waals surface area contributed by atoms with Gasteiger partial charge in [-0.2, -0.15) is 0 Å². The highest BCUT2D eigenvalue weighted by Crippen LogP contribution is 2.34. The van der Waals surface area contributed by atoms with Crippen LogP contribution in [0.4, 0.5) is 5.69 Å². The molecule has 2 heterocycles. The quantitative estimate of drug-likeness (QED) is 0.224. The first-order valence-electron chi connectivity index (χ1n) is 11.9. The van der Waals surface area contributed by atoms with Crippen molar-refractivity contribution in [3.8, 4) is 11.5 Å². The predicted octanol–water partition coefficient (Wildman–Crippen LogP) is 3.87. The highest BCUT2D eigenvalue weighted by molar-refractivity contribution is 5.97. The number of benzene rings is 3. The summed E-state index contributed by atoms with van der Waals surface area (Å²) in [6.45, 7) is 1.14. The number of aromatic hydroxyl groups is 1. The fraction of sp³-hybridized carbons (Fsp3) is 0.214. The van der Waals surface area contributed by atoms with Crippen LogP contribution in [0.5, 0.6) is 11.5 Å². The molecule has 0 fully saturated rings. The van der Waals surface area contributed by atoms with E-state index >= 15 is 0 Å². The maximum absolute atomic E-state index is 13.6. The Morgan fingerprint density at radius 3 is 2.54 bits per heavy atom. The number of amides is 2. The lowest BCUT2D eigenvalue weighted by molar-refractivity contribution is -0.121. The number of methoxy groups -OCH3 is 1. The van der Waals surface area contributed by atoms with E-state index in [1.165, 1.54) is 12.1 Å². The van der Waals surface area contributed by atoms with Gasteiger partial charge in [0.25, 0.3) is 5.91 Å². The molecule has 5 rings (SSSR count). The first-order valence-corrected chi connectivity index (χ1v) is 11.9. The van der Waals surface area contributed by atoms with Gasteiger partial charge >= 0.3 is 0 Å². The fourth-order valence-electron chi connectivity index (χ4n) is 4.73. The van der Waals surface area contributed by atoms with E-state index in [-0.39, 0.29) is 17.2 Å². The van der Waals surface area contributed by atoms with Gasteiger partial charge in [-0.15, -0.1) is 0 Å². The minimum atomic E-state index is -0.629. The first kappa shape index (κ1) is 24.4. The van der Waals surface area contributed by atoms with Crippen LogP contribution in [0.2, 0.25) is 0 Å². The molecule has 0 spiro atoms. The molecule has 1 aliphatic rings. The average Bonchev–Trinajstić information content (AvgIpc) is 3.29. The van der Waals surface area contributed by atoms with E-state index in [1.54, 1.807) is 49.0 Å². The van der Waals surface area contributed by atoms with Gasteiger partial charge in [0.2, 0.25) is 5.91 Å². The Labute approximate surface area is 213 Å². The van der Waals surface area contributed by atoms with Crippen molar-refractivity contribution < 1.29 is 29.1 Å². The van der Waals surface area contributed by atoms with Crippen LogP contribution in [0.25, 0.3) is 11.0 Å². The highest BCUT2D eigenvalue weighted by atomic mass is 16.5. The Kier molecular flexibility index (Phi) is 6.80. The zero-order valence-electron chi connectivity index (χ0n) is 20.2. The summed E-state index contributed by atoms with van der Waals surface area (Å²) in [5.74, 6) is 0.890. The molecule has 9 nitrogen and oxygen atoms in total. The summed E-state index contributed by atoms with van der Waals surface area (Å²) in [6, 6.07) is 18.4. The molecular formula is C28H27N3O6. The third-order valence-corrected chi connectivity index (χ3v) is 6.70. The average molecular weight is 502 g/mol. The van der Waals surface area contributed by atoms with Crippen molar-refractivity contribution >= 4 is 28.5 Å². The van der Waals surface area contributed by atoms with E-state index in [0.717, 1.165) is 40.0 Å². The van der Waals surface area contributed by atoms with E-state index in [9.17, 15) is 14.7 Å². The molecule has 4 N–H and O–H groups in total. The van der Waals surface area contributed by atoms with E-state index in [4.69, 9.17) is 14.4 Å². The molecule has 0 saturated heterocycles. The summed E-state index contributed by atoms with van der Waals surface area (Å²) in [5.41, 5.74) is 5.21. The van der Waals surface area contributed by atoms with Gasteiger partial charge in [0.15, 0.2) is 0 Å². The summed E-state index contributed by atoms with van der Waals surface area (Å²) in [7, 11) is 1.62. The molecule has 190 valence electrons. The lowest BCUT2D eigenvalue weighted by Gasteiger charge is -2.33. The number of hydrogen-bond donors (Lipinski definition) is 4. The number of phenols is 1. The van der Waals surface area contributed by atoms with Crippen LogP contribution in [0, 0.1) is 0 Å². The lowest BCUT2D eigenvalue weighted by atomic mass is 9.98. The monoisotopic (exact) mass is 501 g/mol. The number of rotatable bonds is 7. The Bertz CT molecular complexity index is 1430. The van der Waals surface area contributed by atoms with Crippen molar-refractivity contribution in [3.05, 3.63) is 89.2 Å². The molecule has 0 radical (unpaired) electrons. The highest BCUT2D eigenvalue weighted by Gasteiger charge is 2.32. The first-order chi connectivity index (χ1) is 17.9. The number of nitrogens with one attached hydrogen (secondary N) is 2. The van der Waals surface area contributed by atoms with Crippen LogP contribution in [-0.4, -0.2) is 46.7 Å². The molecule has 0 aliphatic carbocycles. The van der Waals surface area contributed by atoms with Crippen molar-refractivity contribution in [1.29, 1.82) is 0 Å². The topological polar surface area (TPSA) is 124 Å². The number of hydrogen-bond acceptors (Lipinski definition) is 7. The van der Waals surface area contributed by atoms with Gasteiger partial charge in [-0.25, -0.2) is 5.48 Å². The number of fused-ring (bicyclic) bond motifs is 3. The zero-order chi connectivity index (χ0) is 25.9. The maximum atomic E-state index is 13.6. The molecule has 2 amide bonds. The van der Waals surface area contributed by atoms with E-state index < -0.39 is 11.9 Å². The normalized spacial score (nSPS) is 14.1. The predicted molar refractivity (Wildman–Crippen MR) is 137 cm³/mol. The molecule has 4 aromatic rings. The van der Waals surface area contributed by atoms with Gasteiger partial charge < -0.3 is 19.6 Å². The number of nitrogens with zero attached hydrogens (tertiary/aromatic N) is 1. The molecular weight excluding hydrogens is 474 g/mol. The Hall–Kier alpha value is -4.34. The summed E-state index contributed by atoms with van der Waals surface area (Å²) < 4.78 is 11.5. The second-order valence-corrected chi connectivity index (χ2v) is 8.98. The van der Waals surface area contributed by atoms with E-state index in [2.05, 4.69) is 10.2 Å². The molecule has 0 bridgehead atoms. The third kappa shape index (κ3) is 5.13. The number of ether oxygens (including phenoxy) is 1. The van der Waals surface area contributed by atoms with Gasteiger partial charge in [0.1, 0.15) is 22.8 Å².